The van der Waals surface area contributed by atoms with Crippen LogP contribution in [0, 0.1) is 52.3 Å². The van der Waals surface area contributed by atoms with Gasteiger partial charge in [-0.1, -0.05) is 53.4 Å². The Morgan fingerprint density at radius 3 is 2.43 bits per heavy atom. The number of aldehydes is 1. The Morgan fingerprint density at radius 2 is 1.64 bits per heavy atom. The van der Waals surface area contributed by atoms with Gasteiger partial charge in [-0.3, -0.25) is 0 Å². The van der Waals surface area contributed by atoms with Crippen molar-refractivity contribution in [3.63, 3.8) is 0 Å². The number of fused-ring (bicyclic) bond motifs is 5. The van der Waals surface area contributed by atoms with Crippen LogP contribution in [0.2, 0.25) is 0 Å². The van der Waals surface area contributed by atoms with E-state index in [9.17, 15) is 4.79 Å². The largest absolute Gasteiger partial charge is 0.303 e. The minimum atomic E-state index is 0.251. The van der Waals surface area contributed by atoms with Gasteiger partial charge in [0, 0.05) is 5.92 Å². The number of carbonyl (C=O) groups is 1. The van der Waals surface area contributed by atoms with Crippen molar-refractivity contribution in [3.8, 4) is 0 Å². The second-order valence-electron chi connectivity index (χ2n) is 12.2. The van der Waals surface area contributed by atoms with Gasteiger partial charge in [-0.05, 0) is 104 Å². The van der Waals surface area contributed by atoms with Gasteiger partial charge in [-0.2, -0.15) is 0 Å². The molecule has 0 saturated heterocycles. The van der Waals surface area contributed by atoms with Crippen molar-refractivity contribution >= 4 is 6.29 Å². The molecule has 4 rings (SSSR count). The van der Waals surface area contributed by atoms with Crippen molar-refractivity contribution in [2.75, 3.05) is 0 Å². The van der Waals surface area contributed by atoms with Crippen LogP contribution >= 0.6 is 0 Å². The van der Waals surface area contributed by atoms with Crippen molar-refractivity contribution < 1.29 is 4.79 Å². The summed E-state index contributed by atoms with van der Waals surface area (Å²) in [6.45, 7) is 10.0. The zero-order valence-electron chi connectivity index (χ0n) is 19.2. The molecule has 160 valence electrons. The molecule has 1 heteroatoms. The first kappa shape index (κ1) is 20.9. The zero-order valence-corrected chi connectivity index (χ0v) is 19.2. The molecule has 0 bridgehead atoms. The highest BCUT2D eigenvalue weighted by molar-refractivity contribution is 5.52. The highest BCUT2D eigenvalue weighted by Gasteiger charge is 2.59. The molecule has 4 saturated carbocycles. The number of carbonyl (C=O) groups excluding carboxylic acids is 1. The Labute approximate surface area is 174 Å². The van der Waals surface area contributed by atoms with E-state index in [0.717, 1.165) is 48.2 Å². The van der Waals surface area contributed by atoms with Crippen LogP contribution in [-0.4, -0.2) is 6.29 Å². The van der Waals surface area contributed by atoms with E-state index in [-0.39, 0.29) is 5.92 Å². The minimum absolute atomic E-state index is 0.251. The second-order valence-corrected chi connectivity index (χ2v) is 12.2. The van der Waals surface area contributed by atoms with Crippen molar-refractivity contribution in [3.05, 3.63) is 0 Å². The Balaban J connectivity index is 1.44. The van der Waals surface area contributed by atoms with Gasteiger partial charge in [0.15, 0.2) is 0 Å². The fourth-order valence-electron chi connectivity index (χ4n) is 9.30. The highest BCUT2D eigenvalue weighted by Crippen LogP contribution is 2.68. The lowest BCUT2D eigenvalue weighted by Crippen LogP contribution is -2.53. The topological polar surface area (TPSA) is 17.1 Å². The maximum atomic E-state index is 10.9. The summed E-state index contributed by atoms with van der Waals surface area (Å²) in [5.41, 5.74) is 1.28. The lowest BCUT2D eigenvalue weighted by molar-refractivity contribution is -0.114. The van der Waals surface area contributed by atoms with Crippen molar-refractivity contribution in [2.45, 2.75) is 111 Å². The van der Waals surface area contributed by atoms with Crippen molar-refractivity contribution in [1.82, 2.24) is 0 Å². The molecule has 0 spiro atoms. The normalized spacial score (nSPS) is 47.5. The summed E-state index contributed by atoms with van der Waals surface area (Å²) in [4.78, 5) is 10.9. The van der Waals surface area contributed by atoms with Crippen molar-refractivity contribution in [2.24, 2.45) is 52.3 Å². The van der Waals surface area contributed by atoms with Crippen LogP contribution in [0.15, 0.2) is 0 Å². The quantitative estimate of drug-likeness (QED) is 0.428. The SMILES string of the molecule is CC(C=O)CCC[C@@H](C)[C@H]1CC[C@H]2[C@@H]3CCC4CCCC[C@]4(C)[C@H]3CC[C@]12C. The second kappa shape index (κ2) is 8.07. The first-order valence-corrected chi connectivity index (χ1v) is 12.9. The van der Waals surface area contributed by atoms with E-state index in [2.05, 4.69) is 27.7 Å². The minimum Gasteiger partial charge on any atom is -0.303 e. The van der Waals surface area contributed by atoms with Gasteiger partial charge < -0.3 is 4.79 Å². The van der Waals surface area contributed by atoms with Gasteiger partial charge >= 0.3 is 0 Å². The molecular formula is C27H46O. The molecule has 0 amide bonds. The van der Waals surface area contributed by atoms with Crippen LogP contribution in [0.25, 0.3) is 0 Å². The fourth-order valence-corrected chi connectivity index (χ4v) is 9.30. The Morgan fingerprint density at radius 1 is 0.857 bits per heavy atom. The molecule has 1 nitrogen and oxygen atoms in total. The highest BCUT2D eigenvalue weighted by atomic mass is 16.1. The molecule has 9 atom stereocenters. The molecule has 28 heavy (non-hydrogen) atoms. The summed E-state index contributed by atoms with van der Waals surface area (Å²) in [5, 5.41) is 0. The van der Waals surface area contributed by atoms with E-state index >= 15 is 0 Å². The maximum Gasteiger partial charge on any atom is 0.122 e. The maximum absolute atomic E-state index is 10.9. The molecule has 0 aromatic rings. The molecular weight excluding hydrogens is 340 g/mol. The third-order valence-corrected chi connectivity index (χ3v) is 10.9. The van der Waals surface area contributed by atoms with Crippen LogP contribution < -0.4 is 0 Å². The summed E-state index contributed by atoms with van der Waals surface area (Å²) >= 11 is 0. The predicted molar refractivity (Wildman–Crippen MR) is 118 cm³/mol. The Kier molecular flexibility index (Phi) is 6.03. The average molecular weight is 387 g/mol. The van der Waals surface area contributed by atoms with Crippen LogP contribution in [0.4, 0.5) is 0 Å². The van der Waals surface area contributed by atoms with Crippen LogP contribution in [-0.2, 0) is 4.79 Å². The van der Waals surface area contributed by atoms with E-state index in [1.54, 1.807) is 6.42 Å². The number of rotatable bonds is 6. The third kappa shape index (κ3) is 3.41. The van der Waals surface area contributed by atoms with Crippen LogP contribution in [0.1, 0.15) is 111 Å². The number of hydrogen-bond donors (Lipinski definition) is 0. The molecule has 2 unspecified atom stereocenters. The van der Waals surface area contributed by atoms with Crippen LogP contribution in [0.3, 0.4) is 0 Å². The Hall–Kier alpha value is -0.330. The first-order valence-electron chi connectivity index (χ1n) is 12.9. The Bertz CT molecular complexity index is 554. The number of hydrogen-bond acceptors (Lipinski definition) is 1. The lowest BCUT2D eigenvalue weighted by Gasteiger charge is -2.61. The predicted octanol–water partition coefficient (Wildman–Crippen LogP) is 7.68. The standard InChI is InChI=1S/C27H46O/c1-19(18-28)8-7-9-20(2)23-13-14-24-22-12-11-21-10-5-6-16-26(21,3)25(22)15-17-27(23,24)4/h18-25H,5-17H2,1-4H3/t19?,20-,21?,22+,23-,24+,25+,26+,27-/m1/s1. The molecule has 0 N–H and O–H groups in total. The molecule has 0 aromatic heterocycles. The van der Waals surface area contributed by atoms with Gasteiger partial charge in [-0.25, -0.2) is 0 Å². The average Bonchev–Trinajstić information content (AvgIpc) is 3.04. The third-order valence-electron chi connectivity index (χ3n) is 10.9. The van der Waals surface area contributed by atoms with Crippen molar-refractivity contribution in [1.29, 1.82) is 0 Å². The monoisotopic (exact) mass is 386 g/mol. The lowest BCUT2D eigenvalue weighted by atomic mass is 9.44. The molecule has 4 fully saturated rings. The summed E-state index contributed by atoms with van der Waals surface area (Å²) in [7, 11) is 0. The summed E-state index contributed by atoms with van der Waals surface area (Å²) in [6, 6.07) is 0. The van der Waals surface area contributed by atoms with E-state index in [0.29, 0.717) is 10.8 Å². The zero-order chi connectivity index (χ0) is 19.9. The molecule has 0 aliphatic heterocycles. The fraction of sp³-hybridized carbons (Fsp3) is 0.963. The molecule has 4 aliphatic rings. The van der Waals surface area contributed by atoms with Gasteiger partial charge in [0.25, 0.3) is 0 Å². The molecule has 4 aliphatic carbocycles. The van der Waals surface area contributed by atoms with Gasteiger partial charge in [0.1, 0.15) is 6.29 Å². The van der Waals surface area contributed by atoms with Gasteiger partial charge in [-0.15, -0.1) is 0 Å². The first-order chi connectivity index (χ1) is 13.4. The summed E-state index contributed by atoms with van der Waals surface area (Å²) < 4.78 is 0. The van der Waals surface area contributed by atoms with Crippen LogP contribution in [0.5, 0.6) is 0 Å². The smallest absolute Gasteiger partial charge is 0.122 e. The van der Waals surface area contributed by atoms with Gasteiger partial charge in [0.2, 0.25) is 0 Å². The molecule has 0 radical (unpaired) electrons. The van der Waals surface area contributed by atoms with E-state index in [1.807, 2.05) is 0 Å². The summed E-state index contributed by atoms with van der Waals surface area (Å²) in [6.07, 6.45) is 20.0. The van der Waals surface area contributed by atoms with E-state index in [4.69, 9.17) is 0 Å². The van der Waals surface area contributed by atoms with E-state index in [1.165, 1.54) is 70.6 Å². The van der Waals surface area contributed by atoms with Gasteiger partial charge in [0.05, 0.1) is 0 Å². The summed E-state index contributed by atoms with van der Waals surface area (Å²) in [5.74, 6) is 6.14. The van der Waals surface area contributed by atoms with E-state index < -0.39 is 0 Å². The molecule has 0 aromatic carbocycles. The molecule has 0 heterocycles.